The second-order valence-corrected chi connectivity index (χ2v) is 6.36. The van der Waals surface area contributed by atoms with Crippen molar-refractivity contribution in [1.82, 2.24) is 5.32 Å². The number of benzene rings is 1. The molecule has 2 rings (SSSR count). The third kappa shape index (κ3) is 5.44. The van der Waals surface area contributed by atoms with Crippen LogP contribution in [0.2, 0.25) is 0 Å². The molecule has 1 N–H and O–H groups in total. The first-order valence-electron chi connectivity index (χ1n) is 8.72. The molecule has 0 radical (unpaired) electrons. The van der Waals surface area contributed by atoms with E-state index in [9.17, 15) is 0 Å². The average Bonchev–Trinajstić information content (AvgIpc) is 2.53. The number of rotatable bonds is 8. The monoisotopic (exact) mass is 289 g/mol. The lowest BCUT2D eigenvalue weighted by atomic mass is 9.81. The summed E-state index contributed by atoms with van der Waals surface area (Å²) in [4.78, 5) is 0. The zero-order chi connectivity index (χ0) is 14.9. The molecule has 0 heterocycles. The van der Waals surface area contributed by atoms with Crippen molar-refractivity contribution in [3.8, 4) is 0 Å². The Hall–Kier alpha value is -0.860. The van der Waals surface area contributed by atoms with Crippen LogP contribution in [-0.2, 0) is 11.3 Å². The van der Waals surface area contributed by atoms with E-state index in [0.717, 1.165) is 19.1 Å². The van der Waals surface area contributed by atoms with Crippen LogP contribution in [0.5, 0.6) is 0 Å². The molecule has 0 amide bonds. The molecule has 1 saturated carbocycles. The van der Waals surface area contributed by atoms with E-state index in [4.69, 9.17) is 4.74 Å². The highest BCUT2D eigenvalue weighted by atomic mass is 16.5. The van der Waals surface area contributed by atoms with E-state index >= 15 is 0 Å². The minimum atomic E-state index is 0.377. The van der Waals surface area contributed by atoms with Crippen molar-refractivity contribution in [2.45, 2.75) is 71.1 Å². The maximum absolute atomic E-state index is 6.29. The molecule has 1 aromatic rings. The first-order chi connectivity index (χ1) is 10.3. The lowest BCUT2D eigenvalue weighted by Crippen LogP contribution is -2.45. The topological polar surface area (TPSA) is 21.3 Å². The molecule has 118 valence electrons. The van der Waals surface area contributed by atoms with E-state index in [-0.39, 0.29) is 0 Å². The summed E-state index contributed by atoms with van der Waals surface area (Å²) in [5, 5.41) is 3.70. The van der Waals surface area contributed by atoms with Crippen LogP contribution in [0, 0.1) is 5.92 Å². The summed E-state index contributed by atoms with van der Waals surface area (Å²) in [6.45, 7) is 6.37. The van der Waals surface area contributed by atoms with Crippen LogP contribution in [0.3, 0.4) is 0 Å². The maximum Gasteiger partial charge on any atom is 0.0735 e. The predicted octanol–water partition coefficient (Wildman–Crippen LogP) is 4.54. The number of nitrogens with one attached hydrogen (secondary N) is 1. The van der Waals surface area contributed by atoms with Gasteiger partial charge in [-0.25, -0.2) is 0 Å². The first-order valence-corrected chi connectivity index (χ1v) is 8.72. The highest BCUT2D eigenvalue weighted by Gasteiger charge is 2.30. The Morgan fingerprint density at radius 2 is 1.90 bits per heavy atom. The highest BCUT2D eigenvalue weighted by Crippen LogP contribution is 2.30. The summed E-state index contributed by atoms with van der Waals surface area (Å²) >= 11 is 0. The van der Waals surface area contributed by atoms with E-state index in [2.05, 4.69) is 49.5 Å². The molecule has 21 heavy (non-hydrogen) atoms. The molecule has 1 aliphatic rings. The second-order valence-electron chi connectivity index (χ2n) is 6.36. The molecule has 0 aliphatic heterocycles. The third-order valence-electron chi connectivity index (χ3n) is 4.56. The van der Waals surface area contributed by atoms with Gasteiger partial charge in [0.1, 0.15) is 0 Å². The van der Waals surface area contributed by atoms with Crippen molar-refractivity contribution < 1.29 is 4.74 Å². The van der Waals surface area contributed by atoms with Crippen molar-refractivity contribution in [2.75, 3.05) is 6.54 Å². The highest BCUT2D eigenvalue weighted by molar-refractivity contribution is 5.13. The van der Waals surface area contributed by atoms with Crippen molar-refractivity contribution in [3.05, 3.63) is 35.9 Å². The van der Waals surface area contributed by atoms with Crippen molar-refractivity contribution in [3.63, 3.8) is 0 Å². The Kier molecular flexibility index (Phi) is 7.25. The summed E-state index contributed by atoms with van der Waals surface area (Å²) < 4.78 is 6.29. The van der Waals surface area contributed by atoms with Gasteiger partial charge in [0, 0.05) is 6.04 Å². The van der Waals surface area contributed by atoms with E-state index in [1.54, 1.807) is 0 Å². The molecule has 3 unspecified atom stereocenters. The fraction of sp³-hybridized carbons (Fsp3) is 0.684. The molecule has 0 spiro atoms. The van der Waals surface area contributed by atoms with Crippen LogP contribution >= 0.6 is 0 Å². The third-order valence-corrected chi connectivity index (χ3v) is 4.56. The first kappa shape index (κ1) is 16.5. The van der Waals surface area contributed by atoms with Crippen molar-refractivity contribution >= 4 is 0 Å². The number of ether oxygens (including phenoxy) is 1. The molecule has 3 atom stereocenters. The average molecular weight is 289 g/mol. The predicted molar refractivity (Wildman–Crippen MR) is 89.3 cm³/mol. The second kappa shape index (κ2) is 9.22. The van der Waals surface area contributed by atoms with E-state index in [0.29, 0.717) is 12.1 Å². The van der Waals surface area contributed by atoms with Crippen molar-refractivity contribution in [1.29, 1.82) is 0 Å². The zero-order valence-electron chi connectivity index (χ0n) is 13.7. The summed E-state index contributed by atoms with van der Waals surface area (Å²) in [6, 6.07) is 11.1. The molecular formula is C19H31NO. The Bertz CT molecular complexity index is 378. The summed E-state index contributed by atoms with van der Waals surface area (Å²) in [5.41, 5.74) is 1.28. The Morgan fingerprint density at radius 1 is 1.10 bits per heavy atom. The largest absolute Gasteiger partial charge is 0.372 e. The van der Waals surface area contributed by atoms with Crippen molar-refractivity contribution in [2.24, 2.45) is 5.92 Å². The minimum absolute atomic E-state index is 0.377. The standard InChI is InChI=1S/C19H31NO/c1-3-8-16-11-12-18(20-13-4-2)19(14-16)21-15-17-9-6-5-7-10-17/h5-7,9-10,16,18-20H,3-4,8,11-15H2,1-2H3. The van der Waals surface area contributed by atoms with Gasteiger partial charge in [0.2, 0.25) is 0 Å². The van der Waals surface area contributed by atoms with Crippen LogP contribution in [0.25, 0.3) is 0 Å². The Morgan fingerprint density at radius 3 is 2.62 bits per heavy atom. The molecule has 0 aromatic heterocycles. The van der Waals surface area contributed by atoms with Crippen LogP contribution in [0.4, 0.5) is 0 Å². The molecule has 1 aromatic carbocycles. The van der Waals surface area contributed by atoms with Gasteiger partial charge in [-0.15, -0.1) is 0 Å². The number of hydrogen-bond donors (Lipinski definition) is 1. The minimum Gasteiger partial charge on any atom is -0.372 e. The van der Waals surface area contributed by atoms with Gasteiger partial charge in [0.15, 0.2) is 0 Å². The van der Waals surface area contributed by atoms with E-state index < -0.39 is 0 Å². The SMILES string of the molecule is CCCNC1CCC(CCC)CC1OCc1ccccc1. The van der Waals surface area contributed by atoms with Gasteiger partial charge in [0.05, 0.1) is 12.7 Å². The Balaban J connectivity index is 1.89. The van der Waals surface area contributed by atoms with Gasteiger partial charge < -0.3 is 10.1 Å². The van der Waals surface area contributed by atoms with Gasteiger partial charge in [-0.1, -0.05) is 57.0 Å². The fourth-order valence-electron chi connectivity index (χ4n) is 3.41. The molecule has 1 aliphatic carbocycles. The summed E-state index contributed by atoms with van der Waals surface area (Å²) in [5.74, 6) is 0.857. The van der Waals surface area contributed by atoms with Gasteiger partial charge >= 0.3 is 0 Å². The summed E-state index contributed by atoms with van der Waals surface area (Å²) in [7, 11) is 0. The van der Waals surface area contributed by atoms with Crippen LogP contribution in [-0.4, -0.2) is 18.7 Å². The lowest BCUT2D eigenvalue weighted by molar-refractivity contribution is -0.0209. The van der Waals surface area contributed by atoms with Crippen LogP contribution < -0.4 is 5.32 Å². The lowest BCUT2D eigenvalue weighted by Gasteiger charge is -2.36. The molecule has 0 bridgehead atoms. The maximum atomic E-state index is 6.29. The molecule has 0 saturated heterocycles. The summed E-state index contributed by atoms with van der Waals surface area (Å²) in [6.07, 6.45) is 8.07. The quantitative estimate of drug-likeness (QED) is 0.758. The molecule has 2 heteroatoms. The normalized spacial score (nSPS) is 25.9. The van der Waals surface area contributed by atoms with Gasteiger partial charge in [0.25, 0.3) is 0 Å². The van der Waals surface area contributed by atoms with Gasteiger partial charge in [-0.2, -0.15) is 0 Å². The van der Waals surface area contributed by atoms with E-state index in [1.807, 2.05) is 0 Å². The van der Waals surface area contributed by atoms with E-state index in [1.165, 1.54) is 44.1 Å². The zero-order valence-corrected chi connectivity index (χ0v) is 13.7. The van der Waals surface area contributed by atoms with Gasteiger partial charge in [-0.3, -0.25) is 0 Å². The smallest absolute Gasteiger partial charge is 0.0735 e. The molecule has 1 fully saturated rings. The molecular weight excluding hydrogens is 258 g/mol. The van der Waals surface area contributed by atoms with Gasteiger partial charge in [-0.05, 0) is 43.7 Å². The molecule has 2 nitrogen and oxygen atoms in total. The van der Waals surface area contributed by atoms with Crippen LogP contribution in [0.15, 0.2) is 30.3 Å². The Labute approximate surface area is 130 Å². The number of hydrogen-bond acceptors (Lipinski definition) is 2. The van der Waals surface area contributed by atoms with Crippen LogP contribution in [0.1, 0.15) is 57.9 Å². The fourth-order valence-corrected chi connectivity index (χ4v) is 3.41.